The highest BCUT2D eigenvalue weighted by Crippen LogP contribution is 2.27. The minimum atomic E-state index is -3.67. The molecule has 0 saturated heterocycles. The summed E-state index contributed by atoms with van der Waals surface area (Å²) in [5.41, 5.74) is -0.0237. The van der Waals surface area contributed by atoms with Crippen LogP contribution in [0.15, 0.2) is 39.6 Å². The van der Waals surface area contributed by atoms with Gasteiger partial charge in [0.15, 0.2) is 12.0 Å². The first-order chi connectivity index (χ1) is 8.97. The van der Waals surface area contributed by atoms with Gasteiger partial charge in [0.2, 0.25) is 10.0 Å². The van der Waals surface area contributed by atoms with Gasteiger partial charge >= 0.3 is 0 Å². The van der Waals surface area contributed by atoms with Gasteiger partial charge in [0.25, 0.3) is 0 Å². The lowest BCUT2D eigenvalue weighted by atomic mass is 10.1. The summed E-state index contributed by atoms with van der Waals surface area (Å²) < 4.78 is 44.2. The fraction of sp³-hybridized carbons (Fsp3) is 0.0833. The minimum absolute atomic E-state index is 0.0237. The Morgan fingerprint density at radius 3 is 2.58 bits per heavy atom. The fourth-order valence-electron chi connectivity index (χ4n) is 1.54. The first kappa shape index (κ1) is 13.4. The van der Waals surface area contributed by atoms with Crippen LogP contribution in [-0.2, 0) is 10.0 Å². The van der Waals surface area contributed by atoms with Gasteiger partial charge in [-0.3, -0.25) is 4.79 Å². The topological polar surface area (TPSA) is 76.4 Å². The van der Waals surface area contributed by atoms with Crippen LogP contribution in [0, 0.1) is 5.82 Å². The van der Waals surface area contributed by atoms with Crippen molar-refractivity contribution in [3.63, 3.8) is 0 Å². The van der Waals surface area contributed by atoms with E-state index in [2.05, 4.69) is 4.72 Å². The third-order valence-corrected chi connectivity index (χ3v) is 3.94. The molecule has 0 unspecified atom stereocenters. The molecule has 100 valence electrons. The van der Waals surface area contributed by atoms with E-state index in [1.807, 2.05) is 0 Å². The zero-order valence-corrected chi connectivity index (χ0v) is 10.7. The van der Waals surface area contributed by atoms with Gasteiger partial charge in [-0.25, -0.2) is 17.5 Å². The molecular formula is C12H10FNO4S. The van der Waals surface area contributed by atoms with E-state index < -0.39 is 15.8 Å². The average molecular weight is 283 g/mol. The van der Waals surface area contributed by atoms with Crippen molar-refractivity contribution in [2.45, 2.75) is 4.90 Å². The largest absolute Gasteiger partial charge is 0.453 e. The van der Waals surface area contributed by atoms with Crippen molar-refractivity contribution in [2.75, 3.05) is 7.05 Å². The van der Waals surface area contributed by atoms with Crippen LogP contribution in [0.3, 0.4) is 0 Å². The van der Waals surface area contributed by atoms with Crippen LogP contribution in [-0.4, -0.2) is 21.8 Å². The lowest BCUT2D eigenvalue weighted by Crippen LogP contribution is -2.18. The summed E-state index contributed by atoms with van der Waals surface area (Å²) >= 11 is 0. The molecule has 1 aromatic heterocycles. The second-order valence-electron chi connectivity index (χ2n) is 3.67. The highest BCUT2D eigenvalue weighted by molar-refractivity contribution is 7.89. The smallest absolute Gasteiger partial charge is 0.240 e. The van der Waals surface area contributed by atoms with Crippen LogP contribution in [0.5, 0.6) is 0 Å². The lowest BCUT2D eigenvalue weighted by molar-refractivity contribution is 0.110. The van der Waals surface area contributed by atoms with E-state index in [0.717, 1.165) is 18.2 Å². The first-order valence-electron chi connectivity index (χ1n) is 5.26. The number of halogens is 1. The third-order valence-electron chi connectivity index (χ3n) is 2.53. The van der Waals surface area contributed by atoms with Crippen molar-refractivity contribution < 1.29 is 22.0 Å². The molecule has 5 nitrogen and oxygen atoms in total. The molecule has 0 atom stereocenters. The Morgan fingerprint density at radius 1 is 1.26 bits per heavy atom. The number of carbonyl (C=O) groups is 1. The predicted molar refractivity (Wildman–Crippen MR) is 65.7 cm³/mol. The molecule has 2 rings (SSSR count). The van der Waals surface area contributed by atoms with Crippen molar-refractivity contribution in [2.24, 2.45) is 0 Å². The molecule has 1 heterocycles. The van der Waals surface area contributed by atoms with E-state index in [1.54, 1.807) is 0 Å². The van der Waals surface area contributed by atoms with Crippen LogP contribution in [0.25, 0.3) is 11.3 Å². The Labute approximate surface area is 109 Å². The van der Waals surface area contributed by atoms with Crippen molar-refractivity contribution in [1.29, 1.82) is 0 Å². The molecule has 0 amide bonds. The molecule has 0 aliphatic carbocycles. The van der Waals surface area contributed by atoms with E-state index in [4.69, 9.17) is 4.42 Å². The van der Waals surface area contributed by atoms with Gasteiger partial charge in [-0.1, -0.05) is 0 Å². The van der Waals surface area contributed by atoms with E-state index in [0.29, 0.717) is 6.29 Å². The second kappa shape index (κ2) is 4.94. The number of sulfonamides is 1. The number of benzene rings is 1. The molecule has 1 aromatic carbocycles. The van der Waals surface area contributed by atoms with Gasteiger partial charge in [0, 0.05) is 0 Å². The number of aldehydes is 1. The number of rotatable bonds is 4. The first-order valence-corrected chi connectivity index (χ1v) is 6.75. The molecule has 1 N–H and O–H groups in total. The second-order valence-corrected chi connectivity index (χ2v) is 5.56. The van der Waals surface area contributed by atoms with Crippen LogP contribution < -0.4 is 4.72 Å². The molecule has 0 saturated carbocycles. The SMILES string of the molecule is CNS(=O)(=O)c1ccc(F)c(-c2ccc(C=O)o2)c1. The minimum Gasteiger partial charge on any atom is -0.453 e. The molecule has 0 bridgehead atoms. The third kappa shape index (κ3) is 2.56. The standard InChI is InChI=1S/C12H10FNO4S/c1-14-19(16,17)9-3-4-11(13)10(6-9)12-5-2-8(7-15)18-12/h2-7,14H,1H3. The Morgan fingerprint density at radius 2 is 2.00 bits per heavy atom. The van der Waals surface area contributed by atoms with E-state index in [9.17, 15) is 17.6 Å². The monoisotopic (exact) mass is 283 g/mol. The Balaban J connectivity index is 2.57. The molecular weight excluding hydrogens is 273 g/mol. The molecule has 0 spiro atoms. The summed E-state index contributed by atoms with van der Waals surface area (Å²) in [5.74, 6) is -0.508. The zero-order chi connectivity index (χ0) is 14.0. The molecule has 0 aliphatic rings. The van der Waals surface area contributed by atoms with Gasteiger partial charge in [0.1, 0.15) is 11.6 Å². The van der Waals surface area contributed by atoms with Gasteiger partial charge in [0.05, 0.1) is 10.5 Å². The summed E-state index contributed by atoms with van der Waals surface area (Å²) in [4.78, 5) is 10.4. The normalized spacial score (nSPS) is 11.5. The summed E-state index contributed by atoms with van der Waals surface area (Å²) in [6.07, 6.45) is 0.482. The Kier molecular flexibility index (Phi) is 3.50. The van der Waals surface area contributed by atoms with Gasteiger partial charge < -0.3 is 4.42 Å². The van der Waals surface area contributed by atoms with Gasteiger partial charge in [-0.15, -0.1) is 0 Å². The Bertz CT molecular complexity index is 721. The number of furan rings is 1. The lowest BCUT2D eigenvalue weighted by Gasteiger charge is -2.05. The van der Waals surface area contributed by atoms with E-state index in [-0.39, 0.29) is 22.0 Å². The number of hydrogen-bond donors (Lipinski definition) is 1. The van der Waals surface area contributed by atoms with Gasteiger partial charge in [-0.2, -0.15) is 0 Å². The van der Waals surface area contributed by atoms with Crippen molar-refractivity contribution in [3.8, 4) is 11.3 Å². The summed E-state index contributed by atoms with van der Waals surface area (Å²) in [6, 6.07) is 6.10. The zero-order valence-electron chi connectivity index (χ0n) is 9.88. The summed E-state index contributed by atoms with van der Waals surface area (Å²) in [5, 5.41) is 0. The molecule has 0 aliphatic heterocycles. The number of carbonyl (C=O) groups excluding carboxylic acids is 1. The maximum absolute atomic E-state index is 13.7. The molecule has 19 heavy (non-hydrogen) atoms. The average Bonchev–Trinajstić information content (AvgIpc) is 2.87. The maximum Gasteiger partial charge on any atom is 0.240 e. The summed E-state index contributed by atoms with van der Waals surface area (Å²) in [6.45, 7) is 0. The van der Waals surface area contributed by atoms with Crippen molar-refractivity contribution >= 4 is 16.3 Å². The fourth-order valence-corrected chi connectivity index (χ4v) is 2.30. The van der Waals surface area contributed by atoms with E-state index in [1.165, 1.54) is 19.2 Å². The molecule has 0 fully saturated rings. The number of nitrogens with one attached hydrogen (secondary N) is 1. The predicted octanol–water partition coefficient (Wildman–Crippen LogP) is 1.81. The van der Waals surface area contributed by atoms with Crippen LogP contribution in [0.1, 0.15) is 10.6 Å². The molecule has 7 heteroatoms. The van der Waals surface area contributed by atoms with Crippen LogP contribution in [0.4, 0.5) is 4.39 Å². The van der Waals surface area contributed by atoms with Crippen molar-refractivity contribution in [1.82, 2.24) is 4.72 Å². The highest BCUT2D eigenvalue weighted by atomic mass is 32.2. The Hall–Kier alpha value is -1.99. The van der Waals surface area contributed by atoms with E-state index >= 15 is 0 Å². The quantitative estimate of drug-likeness (QED) is 0.868. The van der Waals surface area contributed by atoms with Gasteiger partial charge in [-0.05, 0) is 37.4 Å². The maximum atomic E-state index is 13.7. The molecule has 2 aromatic rings. The van der Waals surface area contributed by atoms with Crippen molar-refractivity contribution in [3.05, 3.63) is 41.9 Å². The van der Waals surface area contributed by atoms with Crippen LogP contribution in [0.2, 0.25) is 0 Å². The summed E-state index contributed by atoms with van der Waals surface area (Å²) in [7, 11) is -2.41. The molecule has 0 radical (unpaired) electrons. The number of hydrogen-bond acceptors (Lipinski definition) is 4. The highest BCUT2D eigenvalue weighted by Gasteiger charge is 2.16. The van der Waals surface area contributed by atoms with Crippen LogP contribution >= 0.6 is 0 Å².